The lowest BCUT2D eigenvalue weighted by Crippen LogP contribution is -2.31. The topological polar surface area (TPSA) is 66.8 Å². The number of hydrogen-bond donors (Lipinski definition) is 1. The van der Waals surface area contributed by atoms with Gasteiger partial charge >= 0.3 is 0 Å². The highest BCUT2D eigenvalue weighted by molar-refractivity contribution is 6.46. The monoisotopic (exact) mass is 473 g/mol. The fourth-order valence-electron chi connectivity index (χ4n) is 4.72. The van der Waals surface area contributed by atoms with E-state index < -0.39 is 17.7 Å². The number of carbonyl (C=O) groups is 2. The van der Waals surface area contributed by atoms with Crippen molar-refractivity contribution in [3.8, 4) is 5.75 Å². The molecule has 0 aliphatic carbocycles. The van der Waals surface area contributed by atoms with Crippen LogP contribution in [-0.4, -0.2) is 34.3 Å². The van der Waals surface area contributed by atoms with Gasteiger partial charge in [0.15, 0.2) is 0 Å². The third-order valence-electron chi connectivity index (χ3n) is 6.38. The number of ketones is 1. The van der Waals surface area contributed by atoms with E-state index in [-0.39, 0.29) is 17.4 Å². The molecule has 1 amide bonds. The second-order valence-electron chi connectivity index (χ2n) is 8.73. The highest BCUT2D eigenvalue weighted by Gasteiger charge is 2.45. The molecule has 0 spiro atoms. The predicted molar refractivity (Wildman–Crippen MR) is 131 cm³/mol. The minimum Gasteiger partial charge on any atom is -0.507 e. The summed E-state index contributed by atoms with van der Waals surface area (Å²) in [4.78, 5) is 27.9. The smallest absolute Gasteiger partial charge is 0.295 e. The highest BCUT2D eigenvalue weighted by atomic mass is 35.5. The van der Waals surface area contributed by atoms with Crippen LogP contribution in [0.4, 0.5) is 0 Å². The van der Waals surface area contributed by atoms with Crippen molar-refractivity contribution in [3.63, 3.8) is 0 Å². The van der Waals surface area contributed by atoms with E-state index in [1.54, 1.807) is 41.3 Å². The van der Waals surface area contributed by atoms with Crippen LogP contribution in [0.2, 0.25) is 5.02 Å². The van der Waals surface area contributed by atoms with Gasteiger partial charge in [0.05, 0.1) is 11.6 Å². The van der Waals surface area contributed by atoms with Gasteiger partial charge in [0.2, 0.25) is 0 Å². The molecule has 0 aromatic heterocycles. The van der Waals surface area contributed by atoms with Crippen LogP contribution >= 0.6 is 11.6 Å². The summed E-state index contributed by atoms with van der Waals surface area (Å²) in [5.41, 5.74) is 3.34. The molecule has 2 heterocycles. The molecule has 1 N–H and O–H groups in total. The normalized spacial score (nSPS) is 20.9. The zero-order valence-corrected chi connectivity index (χ0v) is 19.5. The van der Waals surface area contributed by atoms with E-state index in [0.717, 1.165) is 28.9 Å². The van der Waals surface area contributed by atoms with Crippen molar-refractivity contribution >= 4 is 29.1 Å². The lowest BCUT2D eigenvalue weighted by Gasteiger charge is -2.25. The van der Waals surface area contributed by atoms with Gasteiger partial charge in [0, 0.05) is 23.6 Å². The third kappa shape index (κ3) is 4.08. The second kappa shape index (κ2) is 8.99. The minimum atomic E-state index is -0.704. The molecular weight excluding hydrogens is 450 g/mol. The maximum absolute atomic E-state index is 13.2. The third-order valence-corrected chi connectivity index (χ3v) is 6.63. The number of fused-ring (bicyclic) bond motifs is 1. The van der Waals surface area contributed by atoms with Gasteiger partial charge < -0.3 is 14.7 Å². The van der Waals surface area contributed by atoms with Gasteiger partial charge in [-0.05, 0) is 60.4 Å². The van der Waals surface area contributed by atoms with Gasteiger partial charge in [-0.1, -0.05) is 54.1 Å². The number of likely N-dealkylation sites (tertiary alicyclic amines) is 1. The number of amides is 1. The van der Waals surface area contributed by atoms with Crippen LogP contribution in [0, 0.1) is 0 Å². The molecule has 3 aromatic carbocycles. The summed E-state index contributed by atoms with van der Waals surface area (Å²) >= 11 is 6.09. The van der Waals surface area contributed by atoms with Crippen molar-refractivity contribution in [2.45, 2.75) is 31.9 Å². The molecule has 34 heavy (non-hydrogen) atoms. The maximum Gasteiger partial charge on any atom is 0.295 e. The van der Waals surface area contributed by atoms with E-state index in [4.69, 9.17) is 16.3 Å². The summed E-state index contributed by atoms with van der Waals surface area (Å²) in [6.45, 7) is 2.33. The van der Waals surface area contributed by atoms with E-state index in [1.165, 1.54) is 0 Å². The maximum atomic E-state index is 13.2. The average molecular weight is 474 g/mol. The molecule has 2 aliphatic heterocycles. The van der Waals surface area contributed by atoms with Gasteiger partial charge in [-0.3, -0.25) is 9.59 Å². The Labute approximate surface area is 203 Å². The Kier molecular flexibility index (Phi) is 5.88. The Bertz CT molecular complexity index is 1280. The van der Waals surface area contributed by atoms with Crippen molar-refractivity contribution in [3.05, 3.63) is 106 Å². The van der Waals surface area contributed by atoms with Crippen LogP contribution in [0.3, 0.4) is 0 Å². The number of aliphatic hydroxyl groups is 1. The average Bonchev–Trinajstić information content (AvgIpc) is 3.34. The van der Waals surface area contributed by atoms with Gasteiger partial charge in [-0.2, -0.15) is 0 Å². The van der Waals surface area contributed by atoms with Gasteiger partial charge in [0.25, 0.3) is 11.7 Å². The number of hydrogen-bond acceptors (Lipinski definition) is 4. The van der Waals surface area contributed by atoms with Crippen LogP contribution in [0.1, 0.15) is 35.2 Å². The summed E-state index contributed by atoms with van der Waals surface area (Å²) in [6.07, 6.45) is 1.37. The Morgan fingerprint density at radius 3 is 2.53 bits per heavy atom. The van der Waals surface area contributed by atoms with Crippen molar-refractivity contribution in [1.82, 2.24) is 4.90 Å². The lowest BCUT2D eigenvalue weighted by atomic mass is 9.94. The summed E-state index contributed by atoms with van der Waals surface area (Å²) in [7, 11) is 0. The van der Waals surface area contributed by atoms with Crippen molar-refractivity contribution < 1.29 is 19.4 Å². The summed E-state index contributed by atoms with van der Waals surface area (Å²) in [6, 6.07) is 21.5. The van der Waals surface area contributed by atoms with E-state index >= 15 is 0 Å². The molecule has 0 saturated carbocycles. The van der Waals surface area contributed by atoms with Crippen LogP contribution in [0.15, 0.2) is 78.4 Å². The largest absolute Gasteiger partial charge is 0.507 e. The molecule has 2 atom stereocenters. The van der Waals surface area contributed by atoms with Crippen LogP contribution < -0.4 is 4.74 Å². The number of aliphatic hydroxyl groups excluding tert-OH is 1. The van der Waals surface area contributed by atoms with Crippen molar-refractivity contribution in [2.24, 2.45) is 0 Å². The summed E-state index contributed by atoms with van der Waals surface area (Å²) < 4.78 is 5.76. The van der Waals surface area contributed by atoms with E-state index in [1.807, 2.05) is 43.3 Å². The molecule has 0 bridgehead atoms. The SMILES string of the molecule is C[C@@H]1Cc2cc(/C(O)=C3\C(=O)C(=O)N(CCc4ccccc4)[C@H]3c3ccc(Cl)cc3)ccc2O1. The van der Waals surface area contributed by atoms with Gasteiger partial charge in [-0.25, -0.2) is 0 Å². The van der Waals surface area contributed by atoms with E-state index in [0.29, 0.717) is 23.6 Å². The first-order valence-corrected chi connectivity index (χ1v) is 11.7. The molecule has 172 valence electrons. The number of nitrogens with zero attached hydrogens (tertiary/aromatic N) is 1. The molecule has 3 aromatic rings. The van der Waals surface area contributed by atoms with Crippen molar-refractivity contribution in [1.29, 1.82) is 0 Å². The van der Waals surface area contributed by atoms with Crippen LogP contribution in [0.5, 0.6) is 5.75 Å². The predicted octanol–water partition coefficient (Wildman–Crippen LogP) is 5.33. The summed E-state index contributed by atoms with van der Waals surface area (Å²) in [5.74, 6) is -0.698. The summed E-state index contributed by atoms with van der Waals surface area (Å²) in [5, 5.41) is 11.9. The molecule has 0 unspecified atom stereocenters. The molecule has 0 radical (unpaired) electrons. The molecule has 1 saturated heterocycles. The second-order valence-corrected chi connectivity index (χ2v) is 9.17. The zero-order valence-electron chi connectivity index (χ0n) is 18.7. The van der Waals surface area contributed by atoms with E-state index in [2.05, 4.69) is 0 Å². The first-order chi connectivity index (χ1) is 16.4. The Hall–Kier alpha value is -3.57. The molecule has 5 nitrogen and oxygen atoms in total. The number of halogens is 1. The minimum absolute atomic E-state index is 0.0602. The molecule has 6 heteroatoms. The lowest BCUT2D eigenvalue weighted by molar-refractivity contribution is -0.139. The number of Topliss-reactive ketones (excluding diaryl/α,β-unsaturated/α-hetero) is 1. The quantitative estimate of drug-likeness (QED) is 0.309. The first kappa shape index (κ1) is 22.2. The first-order valence-electron chi connectivity index (χ1n) is 11.3. The Morgan fingerprint density at radius 2 is 1.79 bits per heavy atom. The van der Waals surface area contributed by atoms with Crippen LogP contribution in [0.25, 0.3) is 5.76 Å². The van der Waals surface area contributed by atoms with Crippen LogP contribution in [-0.2, 0) is 22.4 Å². The highest BCUT2D eigenvalue weighted by Crippen LogP contribution is 2.41. The standard InChI is InChI=1S/C28H24ClNO4/c1-17-15-21-16-20(9-12-23(21)34-17)26(31)24-25(19-7-10-22(29)11-8-19)30(28(33)27(24)32)14-13-18-5-3-2-4-6-18/h2-12,16-17,25,31H,13-15H2,1H3/b26-24+/t17-,25+/m1/s1. The van der Waals surface area contributed by atoms with E-state index in [9.17, 15) is 14.7 Å². The number of carbonyl (C=O) groups excluding carboxylic acids is 2. The number of ether oxygens (including phenoxy) is 1. The van der Waals surface area contributed by atoms with Crippen molar-refractivity contribution in [2.75, 3.05) is 6.54 Å². The molecular formula is C28H24ClNO4. The van der Waals surface area contributed by atoms with Gasteiger partial charge in [0.1, 0.15) is 17.6 Å². The Morgan fingerprint density at radius 1 is 1.06 bits per heavy atom. The Balaban J connectivity index is 1.57. The molecule has 1 fully saturated rings. The fraction of sp³-hybridized carbons (Fsp3) is 0.214. The number of benzene rings is 3. The zero-order chi connectivity index (χ0) is 23.8. The molecule has 5 rings (SSSR count). The fourth-order valence-corrected chi connectivity index (χ4v) is 4.85. The number of rotatable bonds is 5. The van der Waals surface area contributed by atoms with Gasteiger partial charge in [-0.15, -0.1) is 0 Å². The molecule has 2 aliphatic rings.